The summed E-state index contributed by atoms with van der Waals surface area (Å²) in [5.74, 6) is -1.19. The number of carbonyl (C=O) groups is 4. The summed E-state index contributed by atoms with van der Waals surface area (Å²) in [6, 6.07) is 16.9. The zero-order valence-corrected chi connectivity index (χ0v) is 36.4. The predicted octanol–water partition coefficient (Wildman–Crippen LogP) is 4.88. The van der Waals surface area contributed by atoms with Crippen LogP contribution in [0.25, 0.3) is 22.6 Å². The van der Waals surface area contributed by atoms with Crippen LogP contribution in [0.4, 0.5) is 5.82 Å². The highest BCUT2D eigenvalue weighted by molar-refractivity contribution is 7.98. The van der Waals surface area contributed by atoms with Crippen molar-refractivity contribution in [2.45, 2.75) is 69.9 Å². The molecule has 0 aliphatic heterocycles. The van der Waals surface area contributed by atoms with Gasteiger partial charge in [0.1, 0.15) is 53.8 Å². The molecule has 19 heteroatoms. The molecule has 0 aliphatic rings. The highest BCUT2D eigenvalue weighted by Crippen LogP contribution is 2.37. The highest BCUT2D eigenvalue weighted by Gasteiger charge is 2.24. The van der Waals surface area contributed by atoms with Gasteiger partial charge in [0, 0.05) is 41.4 Å². The minimum Gasteiger partial charge on any atom is -0.490 e. The van der Waals surface area contributed by atoms with Crippen molar-refractivity contribution in [3.63, 3.8) is 0 Å². The van der Waals surface area contributed by atoms with E-state index in [9.17, 15) is 29.7 Å². The fourth-order valence-electron chi connectivity index (χ4n) is 5.54. The Morgan fingerprint density at radius 1 is 0.919 bits per heavy atom. The van der Waals surface area contributed by atoms with Crippen LogP contribution in [0, 0.1) is 34.0 Å². The topological polar surface area (TPSA) is 285 Å². The lowest BCUT2D eigenvalue weighted by molar-refractivity contribution is -0.160. The molecule has 0 unspecified atom stereocenters. The fourth-order valence-corrected chi connectivity index (χ4v) is 6.54. The van der Waals surface area contributed by atoms with E-state index >= 15 is 0 Å². The number of ether oxygens (including phenoxy) is 3. The van der Waals surface area contributed by atoms with Crippen LogP contribution in [0.3, 0.4) is 0 Å². The number of hydrogen-bond donors (Lipinski definition) is 5. The Bertz CT molecular complexity index is 2270. The number of oxazole rings is 1. The van der Waals surface area contributed by atoms with Crippen LogP contribution in [0.5, 0.6) is 5.75 Å². The van der Waals surface area contributed by atoms with Crippen molar-refractivity contribution >= 4 is 52.9 Å². The number of rotatable bonds is 22. The summed E-state index contributed by atoms with van der Waals surface area (Å²) >= 11 is 7.20. The van der Waals surface area contributed by atoms with Crippen LogP contribution < -0.4 is 32.6 Å². The van der Waals surface area contributed by atoms with E-state index in [4.69, 9.17) is 47.4 Å². The molecule has 0 fully saturated rings. The summed E-state index contributed by atoms with van der Waals surface area (Å²) in [6.45, 7) is 7.02. The van der Waals surface area contributed by atoms with Crippen molar-refractivity contribution in [1.29, 1.82) is 10.5 Å². The van der Waals surface area contributed by atoms with E-state index in [1.54, 1.807) is 62.4 Å². The number of anilines is 1. The largest absolute Gasteiger partial charge is 0.490 e. The molecule has 8 N–H and O–H groups in total. The first-order chi connectivity index (χ1) is 29.5. The molecule has 0 bridgehead atoms. The molecule has 0 saturated heterocycles. The number of nitrogen functional groups attached to an aromatic ring is 1. The minimum atomic E-state index is -1.07. The minimum absolute atomic E-state index is 0.0150. The molecule has 0 saturated carbocycles. The lowest BCUT2D eigenvalue weighted by Crippen LogP contribution is -2.44. The molecule has 2 amide bonds. The average Bonchev–Trinajstić information content (AvgIpc) is 3.72. The lowest BCUT2D eigenvalue weighted by atomic mass is 9.89. The lowest BCUT2D eigenvalue weighted by Gasteiger charge is -2.21. The molecule has 0 radical (unpaired) electrons. The van der Waals surface area contributed by atoms with Gasteiger partial charge in [0.05, 0.1) is 30.1 Å². The molecular weight excluding hydrogens is 838 g/mol. The molecule has 2 aromatic carbocycles. The van der Waals surface area contributed by atoms with E-state index in [0.29, 0.717) is 34.5 Å². The second-order valence-corrected chi connectivity index (χ2v) is 16.6. The maximum atomic E-state index is 12.8. The maximum absolute atomic E-state index is 12.8. The number of nitrogens with zero attached hydrogens (tertiary/aromatic N) is 4. The van der Waals surface area contributed by atoms with Crippen molar-refractivity contribution in [2.24, 2.45) is 22.8 Å². The zero-order valence-electron chi connectivity index (χ0n) is 34.9. The number of pyridine rings is 1. The van der Waals surface area contributed by atoms with E-state index in [-0.39, 0.29) is 90.7 Å². The third kappa shape index (κ3) is 14.5. The smallest absolute Gasteiger partial charge is 0.308 e. The number of nitrogens with two attached hydrogens (primary N) is 3. The van der Waals surface area contributed by atoms with Gasteiger partial charge in [0.15, 0.2) is 6.10 Å². The van der Waals surface area contributed by atoms with Gasteiger partial charge >= 0.3 is 11.9 Å². The maximum Gasteiger partial charge on any atom is 0.308 e. The van der Waals surface area contributed by atoms with Gasteiger partial charge in [-0.15, -0.1) is 0 Å². The monoisotopic (exact) mass is 887 g/mol. The number of hydrogen-bond acceptors (Lipinski definition) is 16. The van der Waals surface area contributed by atoms with E-state index in [1.807, 2.05) is 13.8 Å². The second-order valence-electron chi connectivity index (χ2n) is 15.2. The van der Waals surface area contributed by atoms with Crippen LogP contribution in [-0.4, -0.2) is 78.7 Å². The molecule has 2 atom stereocenters. The van der Waals surface area contributed by atoms with Gasteiger partial charge in [-0.1, -0.05) is 63.2 Å². The van der Waals surface area contributed by atoms with Crippen molar-refractivity contribution in [2.75, 3.05) is 38.6 Å². The van der Waals surface area contributed by atoms with Gasteiger partial charge in [-0.05, 0) is 59.8 Å². The van der Waals surface area contributed by atoms with Gasteiger partial charge in [-0.25, -0.2) is 9.97 Å². The third-order valence-electron chi connectivity index (χ3n) is 9.21. The number of benzene rings is 2. The normalized spacial score (nSPS) is 12.1. The van der Waals surface area contributed by atoms with E-state index in [1.165, 1.54) is 18.0 Å². The summed E-state index contributed by atoms with van der Waals surface area (Å²) in [7, 11) is 0. The molecule has 4 aromatic rings. The van der Waals surface area contributed by atoms with E-state index in [0.717, 1.165) is 5.56 Å². The summed E-state index contributed by atoms with van der Waals surface area (Å²) in [5.41, 5.74) is 19.6. The van der Waals surface area contributed by atoms with Crippen molar-refractivity contribution < 1.29 is 37.8 Å². The number of carbonyl (C=O) groups excluding carboxylic acids is 4. The SMILES string of the molecule is CC(C)[C@H](N)C(=O)NCCC(=O)O[C@H](COC(=O)CCNC(=O)CC(C)(C)CN)COc1ccc(-c2c(C#N)c(N)nc(SCc3coc(-c4ccc(Cl)cc4)n3)c2C#N)cc1. The van der Waals surface area contributed by atoms with Crippen LogP contribution >= 0.6 is 23.4 Å². The molecular formula is C43H50ClN9O8S. The quantitative estimate of drug-likeness (QED) is 0.0519. The molecule has 62 heavy (non-hydrogen) atoms. The van der Waals surface area contributed by atoms with Crippen LogP contribution in [0.1, 0.15) is 63.8 Å². The van der Waals surface area contributed by atoms with Gasteiger partial charge in [0.25, 0.3) is 0 Å². The second kappa shape index (κ2) is 23.2. The van der Waals surface area contributed by atoms with E-state index in [2.05, 4.69) is 32.7 Å². The summed E-state index contributed by atoms with van der Waals surface area (Å²) in [4.78, 5) is 58.8. The van der Waals surface area contributed by atoms with Crippen molar-refractivity contribution in [3.05, 3.63) is 76.6 Å². The fraction of sp³-hybridized carbons (Fsp3) is 0.395. The Balaban J connectivity index is 1.44. The zero-order chi connectivity index (χ0) is 45.4. The van der Waals surface area contributed by atoms with Crippen molar-refractivity contribution in [1.82, 2.24) is 20.6 Å². The summed E-state index contributed by atoms with van der Waals surface area (Å²) in [6.07, 6.45) is 0.292. The van der Waals surface area contributed by atoms with Gasteiger partial charge < -0.3 is 46.5 Å². The summed E-state index contributed by atoms with van der Waals surface area (Å²) in [5, 5.41) is 26.5. The number of amides is 2. The van der Waals surface area contributed by atoms with Crippen LogP contribution in [0.15, 0.2) is 64.2 Å². The number of thioether (sulfide) groups is 1. The summed E-state index contributed by atoms with van der Waals surface area (Å²) < 4.78 is 22.5. The van der Waals surface area contributed by atoms with Gasteiger partial charge in [-0.2, -0.15) is 10.5 Å². The Hall–Kier alpha value is -6.18. The first-order valence-electron chi connectivity index (χ1n) is 19.6. The highest BCUT2D eigenvalue weighted by atomic mass is 35.5. The standard InChI is InChI=1S/C43H50ClN9O8S/c1-25(2)38(48)40(57)51-16-14-36(56)61-31(22-59-35(55)13-15-50-34(54)17-43(3,4)24-47)21-58-30-11-7-26(8-12-30)37-32(18-45)39(49)53-42(33(37)19-46)62-23-29-20-60-41(52-29)27-5-9-28(44)10-6-27/h5-12,20,25,31,38H,13-17,21-24,47-48H2,1-4H3,(H2,49,53)(H,50,54)(H,51,57)/t31-,38-/m0/s1. The average molecular weight is 888 g/mol. The van der Waals surface area contributed by atoms with Gasteiger partial charge in [-0.3, -0.25) is 19.2 Å². The number of nitriles is 2. The molecule has 4 rings (SSSR count). The Morgan fingerprint density at radius 2 is 1.56 bits per heavy atom. The first-order valence-corrected chi connectivity index (χ1v) is 21.0. The molecule has 0 spiro atoms. The van der Waals surface area contributed by atoms with Crippen LogP contribution in [0.2, 0.25) is 5.02 Å². The van der Waals surface area contributed by atoms with Crippen molar-refractivity contribution in [3.8, 4) is 40.5 Å². The number of aromatic nitrogens is 2. The Labute approximate surface area is 369 Å². The third-order valence-corrected chi connectivity index (χ3v) is 10.5. The first kappa shape index (κ1) is 48.5. The van der Waals surface area contributed by atoms with Gasteiger partial charge in [0.2, 0.25) is 17.7 Å². The molecule has 328 valence electrons. The number of halogens is 1. The molecule has 2 aromatic heterocycles. The number of nitrogens with one attached hydrogen (secondary N) is 2. The predicted molar refractivity (Wildman–Crippen MR) is 232 cm³/mol. The molecule has 0 aliphatic carbocycles. The molecule has 17 nitrogen and oxygen atoms in total. The molecule has 2 heterocycles. The number of esters is 2. The van der Waals surface area contributed by atoms with Crippen LogP contribution in [-0.2, 0) is 34.4 Å². The Morgan fingerprint density at radius 3 is 2.21 bits per heavy atom. The van der Waals surface area contributed by atoms with E-state index < -0.39 is 35.4 Å². The Kier molecular flexibility index (Phi) is 18.1.